The van der Waals surface area contributed by atoms with Crippen LogP contribution in [0.1, 0.15) is 10.4 Å². The summed E-state index contributed by atoms with van der Waals surface area (Å²) in [4.78, 5) is 12.7. The highest BCUT2D eigenvalue weighted by atomic mass is 35.5. The summed E-state index contributed by atoms with van der Waals surface area (Å²) >= 11 is 21.9. The third kappa shape index (κ3) is 3.80. The zero-order valence-electron chi connectivity index (χ0n) is 9.45. The summed E-state index contributed by atoms with van der Waals surface area (Å²) in [6.45, 7) is 0. The lowest BCUT2D eigenvalue weighted by atomic mass is 10.2. The first-order valence-electron chi connectivity index (χ1n) is 5.21. The van der Waals surface area contributed by atoms with Crippen molar-refractivity contribution in [3.63, 3.8) is 0 Å². The van der Waals surface area contributed by atoms with E-state index in [1.54, 1.807) is 36.4 Å². The molecule has 0 aliphatic heterocycles. The molecule has 2 aromatic rings. The third-order valence-corrected chi connectivity index (χ3v) is 3.36. The molecular weight excluding hydrogens is 325 g/mol. The fourth-order valence-electron chi connectivity index (χ4n) is 1.51. The SMILES string of the molecule is O=C(Nc1cc(Cl)cc(Cl)c1)c1cc(S)ccc1Cl. The fraction of sp³-hybridized carbons (Fsp3) is 0. The molecule has 0 fully saturated rings. The van der Waals surface area contributed by atoms with Crippen molar-refractivity contribution in [1.82, 2.24) is 0 Å². The molecule has 2 aromatic carbocycles. The predicted octanol–water partition coefficient (Wildman–Crippen LogP) is 5.19. The second kappa shape index (κ2) is 6.06. The minimum absolute atomic E-state index is 0.338. The van der Waals surface area contributed by atoms with Gasteiger partial charge in [-0.3, -0.25) is 4.79 Å². The molecule has 0 saturated heterocycles. The van der Waals surface area contributed by atoms with Gasteiger partial charge in [0.1, 0.15) is 0 Å². The molecule has 2 nitrogen and oxygen atoms in total. The zero-order chi connectivity index (χ0) is 14.0. The van der Waals surface area contributed by atoms with Gasteiger partial charge in [-0.25, -0.2) is 0 Å². The Labute approximate surface area is 131 Å². The summed E-state index contributed by atoms with van der Waals surface area (Å²) in [5.74, 6) is -0.348. The maximum atomic E-state index is 12.1. The van der Waals surface area contributed by atoms with Crippen molar-refractivity contribution >= 4 is 59.0 Å². The third-order valence-electron chi connectivity index (χ3n) is 2.31. The van der Waals surface area contributed by atoms with Crippen LogP contribution in [0.15, 0.2) is 41.3 Å². The van der Waals surface area contributed by atoms with Gasteiger partial charge in [0.25, 0.3) is 5.91 Å². The summed E-state index contributed by atoms with van der Waals surface area (Å²) in [7, 11) is 0. The molecule has 0 spiro atoms. The van der Waals surface area contributed by atoms with Crippen LogP contribution < -0.4 is 5.32 Å². The Balaban J connectivity index is 2.28. The van der Waals surface area contributed by atoms with Gasteiger partial charge in [-0.05, 0) is 36.4 Å². The Morgan fingerprint density at radius 3 is 2.26 bits per heavy atom. The Kier molecular flexibility index (Phi) is 4.63. The van der Waals surface area contributed by atoms with Gasteiger partial charge in [0.05, 0.1) is 10.6 Å². The number of benzene rings is 2. The highest BCUT2D eigenvalue weighted by molar-refractivity contribution is 7.80. The minimum Gasteiger partial charge on any atom is -0.322 e. The molecule has 0 bridgehead atoms. The van der Waals surface area contributed by atoms with Gasteiger partial charge < -0.3 is 5.32 Å². The van der Waals surface area contributed by atoms with Crippen LogP contribution in [0, 0.1) is 0 Å². The maximum Gasteiger partial charge on any atom is 0.257 e. The van der Waals surface area contributed by atoms with Crippen LogP contribution >= 0.6 is 47.4 Å². The molecule has 0 aliphatic carbocycles. The lowest BCUT2D eigenvalue weighted by Gasteiger charge is -2.08. The lowest BCUT2D eigenvalue weighted by molar-refractivity contribution is 0.102. The van der Waals surface area contributed by atoms with Crippen LogP contribution in [-0.2, 0) is 0 Å². The highest BCUT2D eigenvalue weighted by Gasteiger charge is 2.11. The van der Waals surface area contributed by atoms with Crippen LogP contribution in [0.2, 0.25) is 15.1 Å². The van der Waals surface area contributed by atoms with Crippen molar-refractivity contribution in [3.05, 3.63) is 57.0 Å². The number of nitrogens with one attached hydrogen (secondary N) is 1. The fourth-order valence-corrected chi connectivity index (χ4v) is 2.44. The molecule has 0 atom stereocenters. The molecule has 0 aromatic heterocycles. The van der Waals surface area contributed by atoms with Crippen molar-refractivity contribution < 1.29 is 4.79 Å². The van der Waals surface area contributed by atoms with Gasteiger partial charge in [0.2, 0.25) is 0 Å². The summed E-state index contributed by atoms with van der Waals surface area (Å²) in [5, 5.41) is 3.92. The largest absolute Gasteiger partial charge is 0.322 e. The Morgan fingerprint density at radius 1 is 1.00 bits per heavy atom. The average Bonchev–Trinajstić information content (AvgIpc) is 2.30. The van der Waals surface area contributed by atoms with Gasteiger partial charge in [-0.2, -0.15) is 0 Å². The Bertz CT molecular complexity index is 626. The normalized spacial score (nSPS) is 10.3. The summed E-state index contributed by atoms with van der Waals surface area (Å²) in [6.07, 6.45) is 0. The average molecular weight is 333 g/mol. The van der Waals surface area contributed by atoms with E-state index in [2.05, 4.69) is 17.9 Å². The van der Waals surface area contributed by atoms with Gasteiger partial charge in [0, 0.05) is 20.6 Å². The van der Waals surface area contributed by atoms with E-state index in [0.29, 0.717) is 31.2 Å². The number of anilines is 1. The van der Waals surface area contributed by atoms with E-state index < -0.39 is 0 Å². The number of halogens is 3. The standard InChI is InChI=1S/C13H8Cl3NOS/c14-7-3-8(15)5-9(4-7)17-13(18)11-6-10(19)1-2-12(11)16/h1-6,19H,(H,17,18). The summed E-state index contributed by atoms with van der Waals surface area (Å²) < 4.78 is 0. The zero-order valence-corrected chi connectivity index (χ0v) is 12.6. The number of carbonyl (C=O) groups excluding carboxylic acids is 1. The van der Waals surface area contributed by atoms with E-state index in [-0.39, 0.29) is 5.91 Å². The van der Waals surface area contributed by atoms with E-state index in [1.165, 1.54) is 0 Å². The number of carbonyl (C=O) groups is 1. The molecule has 0 heterocycles. The number of amides is 1. The smallest absolute Gasteiger partial charge is 0.257 e. The van der Waals surface area contributed by atoms with Crippen molar-refractivity contribution in [2.75, 3.05) is 5.32 Å². The lowest BCUT2D eigenvalue weighted by Crippen LogP contribution is -2.12. The van der Waals surface area contributed by atoms with Crippen LogP contribution in [0.4, 0.5) is 5.69 Å². The van der Waals surface area contributed by atoms with Crippen molar-refractivity contribution in [3.8, 4) is 0 Å². The van der Waals surface area contributed by atoms with Gasteiger partial charge in [-0.1, -0.05) is 34.8 Å². The van der Waals surface area contributed by atoms with Gasteiger partial charge in [-0.15, -0.1) is 12.6 Å². The molecule has 0 aliphatic rings. The first-order valence-corrected chi connectivity index (χ1v) is 6.80. The van der Waals surface area contributed by atoms with Crippen molar-refractivity contribution in [1.29, 1.82) is 0 Å². The molecule has 0 radical (unpaired) electrons. The second-order valence-electron chi connectivity index (χ2n) is 3.78. The molecule has 1 amide bonds. The number of hydrogen-bond donors (Lipinski definition) is 2. The second-order valence-corrected chi connectivity index (χ2v) is 5.57. The van der Waals surface area contributed by atoms with Crippen LogP contribution in [0.25, 0.3) is 0 Å². The van der Waals surface area contributed by atoms with Crippen LogP contribution in [0.3, 0.4) is 0 Å². The van der Waals surface area contributed by atoms with Crippen LogP contribution in [0.5, 0.6) is 0 Å². The van der Waals surface area contributed by atoms with E-state index in [9.17, 15) is 4.79 Å². The van der Waals surface area contributed by atoms with Crippen molar-refractivity contribution in [2.24, 2.45) is 0 Å². The number of rotatable bonds is 2. The van der Waals surface area contributed by atoms with Gasteiger partial charge >= 0.3 is 0 Å². The molecule has 6 heteroatoms. The summed E-state index contributed by atoms with van der Waals surface area (Å²) in [6, 6.07) is 9.70. The number of thiol groups is 1. The van der Waals surface area contributed by atoms with E-state index in [4.69, 9.17) is 34.8 Å². The maximum absolute atomic E-state index is 12.1. The first-order chi connectivity index (χ1) is 8.95. The monoisotopic (exact) mass is 331 g/mol. The van der Waals surface area contributed by atoms with E-state index in [1.807, 2.05) is 0 Å². The number of hydrogen-bond acceptors (Lipinski definition) is 2. The molecule has 0 unspecified atom stereocenters. The predicted molar refractivity (Wildman–Crippen MR) is 83.1 cm³/mol. The molecular formula is C13H8Cl3NOS. The Hall–Kier alpha value is -0.870. The molecule has 2 rings (SSSR count). The quantitative estimate of drug-likeness (QED) is 0.728. The van der Waals surface area contributed by atoms with Crippen LogP contribution in [-0.4, -0.2) is 5.91 Å². The van der Waals surface area contributed by atoms with Crippen molar-refractivity contribution in [2.45, 2.75) is 4.90 Å². The molecule has 1 N–H and O–H groups in total. The minimum atomic E-state index is -0.348. The van der Waals surface area contributed by atoms with E-state index >= 15 is 0 Å². The van der Waals surface area contributed by atoms with Gasteiger partial charge in [0.15, 0.2) is 0 Å². The topological polar surface area (TPSA) is 29.1 Å². The summed E-state index contributed by atoms with van der Waals surface area (Å²) in [5.41, 5.74) is 0.841. The molecule has 0 saturated carbocycles. The Morgan fingerprint density at radius 2 is 1.63 bits per heavy atom. The highest BCUT2D eigenvalue weighted by Crippen LogP contribution is 2.25. The van der Waals surface area contributed by atoms with E-state index in [0.717, 1.165) is 0 Å². The molecule has 19 heavy (non-hydrogen) atoms. The first kappa shape index (κ1) is 14.5. The molecule has 98 valence electrons.